The molecule has 5 nitrogen and oxygen atoms in total. The van der Waals surface area contributed by atoms with Gasteiger partial charge in [0.05, 0.1) is 12.7 Å². The van der Waals surface area contributed by atoms with E-state index in [2.05, 4.69) is 4.57 Å². The Hall–Kier alpha value is -4.77. The topological polar surface area (TPSA) is 60.7 Å². The van der Waals surface area contributed by atoms with E-state index >= 15 is 0 Å². The Kier molecular flexibility index (Phi) is 7.04. The van der Waals surface area contributed by atoms with Gasteiger partial charge in [-0.15, -0.1) is 0 Å². The normalized spacial score (nSPS) is 11.4. The van der Waals surface area contributed by atoms with Crippen LogP contribution >= 0.6 is 0 Å². The Morgan fingerprint density at radius 1 is 0.838 bits per heavy atom. The molecule has 5 heteroatoms. The third kappa shape index (κ3) is 5.57. The number of fused-ring (bicyclic) bond motifs is 1. The Morgan fingerprint density at radius 3 is 2.19 bits per heavy atom. The number of ether oxygens (including phenoxy) is 2. The number of rotatable bonds is 9. The number of carboxylic acid groups (broad SMARTS) is 1. The second-order valence-corrected chi connectivity index (χ2v) is 8.74. The third-order valence-electron chi connectivity index (χ3n) is 6.26. The fourth-order valence-electron chi connectivity index (χ4n) is 4.35. The van der Waals surface area contributed by atoms with Gasteiger partial charge in [-0.3, -0.25) is 0 Å². The first-order chi connectivity index (χ1) is 18.1. The zero-order valence-corrected chi connectivity index (χ0v) is 20.5. The van der Waals surface area contributed by atoms with Crippen LogP contribution < -0.4 is 9.47 Å². The number of carboxylic acids is 1. The fraction of sp³-hybridized carbons (Fsp3) is 0.0938. The van der Waals surface area contributed by atoms with Gasteiger partial charge in [-0.2, -0.15) is 0 Å². The molecule has 5 rings (SSSR count). The molecule has 0 aliphatic heterocycles. The summed E-state index contributed by atoms with van der Waals surface area (Å²) in [7, 11) is 1.65. The van der Waals surface area contributed by atoms with Crippen molar-refractivity contribution in [3.8, 4) is 11.5 Å². The first kappa shape index (κ1) is 23.9. The summed E-state index contributed by atoms with van der Waals surface area (Å²) in [4.78, 5) is 12.2. The molecule has 0 radical (unpaired) electrons. The Balaban J connectivity index is 1.56. The highest BCUT2D eigenvalue weighted by molar-refractivity contribution is 6.21. The molecule has 0 aliphatic carbocycles. The van der Waals surface area contributed by atoms with Crippen molar-refractivity contribution >= 4 is 28.5 Å². The molecule has 0 saturated carbocycles. The van der Waals surface area contributed by atoms with Crippen molar-refractivity contribution in [1.29, 1.82) is 0 Å². The number of hydrogen-bond acceptors (Lipinski definition) is 3. The highest BCUT2D eigenvalue weighted by Crippen LogP contribution is 2.31. The molecular formula is C32H27NO4. The lowest BCUT2D eigenvalue weighted by atomic mass is 10.0. The second kappa shape index (κ2) is 10.9. The lowest BCUT2D eigenvalue weighted by Gasteiger charge is -2.09. The van der Waals surface area contributed by atoms with Crippen LogP contribution in [0.4, 0.5) is 0 Å². The summed E-state index contributed by atoms with van der Waals surface area (Å²) in [5.74, 6) is 0.558. The van der Waals surface area contributed by atoms with Gasteiger partial charge in [0, 0.05) is 29.2 Å². The number of methoxy groups -OCH3 is 1. The van der Waals surface area contributed by atoms with Gasteiger partial charge in [-0.25, -0.2) is 4.79 Å². The van der Waals surface area contributed by atoms with E-state index in [1.165, 1.54) is 0 Å². The van der Waals surface area contributed by atoms with Gasteiger partial charge in [-0.05, 0) is 53.1 Å². The molecular weight excluding hydrogens is 462 g/mol. The SMILES string of the molecule is COc1ccc(Cn2cc(/C=C(/C(=O)O)c3ccccc3)c3cc(OCc4ccccc4)ccc32)cc1. The Bertz CT molecular complexity index is 1540. The molecule has 0 amide bonds. The largest absolute Gasteiger partial charge is 0.497 e. The van der Waals surface area contributed by atoms with Gasteiger partial charge in [-0.1, -0.05) is 72.8 Å². The fourth-order valence-corrected chi connectivity index (χ4v) is 4.35. The lowest BCUT2D eigenvalue weighted by Crippen LogP contribution is -1.99. The van der Waals surface area contributed by atoms with Gasteiger partial charge in [0.15, 0.2) is 0 Å². The predicted octanol–water partition coefficient (Wildman–Crippen LogP) is 6.90. The Labute approximate surface area is 215 Å². The van der Waals surface area contributed by atoms with Crippen LogP contribution in [-0.2, 0) is 17.9 Å². The number of carbonyl (C=O) groups is 1. The first-order valence-corrected chi connectivity index (χ1v) is 12.0. The molecule has 0 unspecified atom stereocenters. The summed E-state index contributed by atoms with van der Waals surface area (Å²) in [6, 6.07) is 33.1. The van der Waals surface area contributed by atoms with Crippen molar-refractivity contribution in [3.63, 3.8) is 0 Å². The molecule has 5 aromatic rings. The van der Waals surface area contributed by atoms with E-state index in [4.69, 9.17) is 9.47 Å². The number of benzene rings is 4. The quantitative estimate of drug-likeness (QED) is 0.229. The average Bonchev–Trinajstić information content (AvgIpc) is 3.28. The van der Waals surface area contributed by atoms with Gasteiger partial charge < -0.3 is 19.1 Å². The monoisotopic (exact) mass is 489 g/mol. The highest BCUT2D eigenvalue weighted by Gasteiger charge is 2.15. The molecule has 1 N–H and O–H groups in total. The summed E-state index contributed by atoms with van der Waals surface area (Å²) < 4.78 is 13.5. The molecule has 37 heavy (non-hydrogen) atoms. The molecule has 0 aliphatic rings. The zero-order chi connectivity index (χ0) is 25.6. The van der Waals surface area contributed by atoms with E-state index in [-0.39, 0.29) is 5.57 Å². The minimum Gasteiger partial charge on any atom is -0.497 e. The Morgan fingerprint density at radius 2 is 1.51 bits per heavy atom. The van der Waals surface area contributed by atoms with Crippen LogP contribution in [0.25, 0.3) is 22.6 Å². The van der Waals surface area contributed by atoms with E-state index in [1.54, 1.807) is 13.2 Å². The molecule has 1 aromatic heterocycles. The molecule has 0 saturated heterocycles. The van der Waals surface area contributed by atoms with E-state index < -0.39 is 5.97 Å². The summed E-state index contributed by atoms with van der Waals surface area (Å²) >= 11 is 0. The van der Waals surface area contributed by atoms with Crippen LogP contribution in [0.1, 0.15) is 22.3 Å². The lowest BCUT2D eigenvalue weighted by molar-refractivity contribution is -0.130. The van der Waals surface area contributed by atoms with Crippen LogP contribution in [0.3, 0.4) is 0 Å². The maximum Gasteiger partial charge on any atom is 0.336 e. The van der Waals surface area contributed by atoms with Crippen LogP contribution in [0.5, 0.6) is 11.5 Å². The smallest absolute Gasteiger partial charge is 0.336 e. The van der Waals surface area contributed by atoms with Gasteiger partial charge >= 0.3 is 5.97 Å². The standard InChI is InChI=1S/C32H27NO4/c1-36-27-14-12-23(13-15-27)20-33-21-26(18-30(32(34)35)25-10-6-3-7-11-25)29-19-28(16-17-31(29)33)37-22-24-8-4-2-5-9-24/h2-19,21H,20,22H2,1H3,(H,34,35)/b30-18+. The minimum absolute atomic E-state index is 0.236. The number of hydrogen-bond donors (Lipinski definition) is 1. The molecule has 0 fully saturated rings. The average molecular weight is 490 g/mol. The zero-order valence-electron chi connectivity index (χ0n) is 20.5. The number of aliphatic carboxylic acids is 1. The van der Waals surface area contributed by atoms with Crippen LogP contribution in [0.15, 0.2) is 109 Å². The van der Waals surface area contributed by atoms with Crippen molar-refractivity contribution < 1.29 is 19.4 Å². The van der Waals surface area contributed by atoms with Gasteiger partial charge in [0.25, 0.3) is 0 Å². The van der Waals surface area contributed by atoms with E-state index in [0.29, 0.717) is 18.7 Å². The summed E-state index contributed by atoms with van der Waals surface area (Å²) in [6.07, 6.45) is 3.74. The summed E-state index contributed by atoms with van der Waals surface area (Å²) in [5, 5.41) is 10.9. The minimum atomic E-state index is -0.973. The van der Waals surface area contributed by atoms with Crippen LogP contribution in [-0.4, -0.2) is 22.8 Å². The second-order valence-electron chi connectivity index (χ2n) is 8.74. The van der Waals surface area contributed by atoms with E-state index in [0.717, 1.165) is 39.1 Å². The van der Waals surface area contributed by atoms with Crippen LogP contribution in [0.2, 0.25) is 0 Å². The van der Waals surface area contributed by atoms with Crippen LogP contribution in [0, 0.1) is 0 Å². The highest BCUT2D eigenvalue weighted by atomic mass is 16.5. The van der Waals surface area contributed by atoms with Crippen molar-refractivity contribution in [2.24, 2.45) is 0 Å². The maximum absolute atomic E-state index is 12.2. The summed E-state index contributed by atoms with van der Waals surface area (Å²) in [6.45, 7) is 1.08. The molecule has 184 valence electrons. The van der Waals surface area contributed by atoms with Crippen molar-refractivity contribution in [1.82, 2.24) is 4.57 Å². The van der Waals surface area contributed by atoms with Gasteiger partial charge in [0.1, 0.15) is 18.1 Å². The van der Waals surface area contributed by atoms with Crippen molar-refractivity contribution in [2.45, 2.75) is 13.2 Å². The number of aromatic nitrogens is 1. The maximum atomic E-state index is 12.2. The van der Waals surface area contributed by atoms with Crippen molar-refractivity contribution in [3.05, 3.63) is 132 Å². The molecule has 0 atom stereocenters. The van der Waals surface area contributed by atoms with Crippen molar-refractivity contribution in [2.75, 3.05) is 7.11 Å². The van der Waals surface area contributed by atoms with Gasteiger partial charge in [0.2, 0.25) is 0 Å². The predicted molar refractivity (Wildman–Crippen MR) is 147 cm³/mol. The van der Waals surface area contributed by atoms with E-state index in [9.17, 15) is 9.90 Å². The third-order valence-corrected chi connectivity index (χ3v) is 6.26. The van der Waals surface area contributed by atoms with E-state index in [1.807, 2.05) is 109 Å². The molecule has 4 aromatic carbocycles. The first-order valence-electron chi connectivity index (χ1n) is 12.0. The molecule has 0 spiro atoms. The molecule has 1 heterocycles. The summed E-state index contributed by atoms with van der Waals surface area (Å²) in [5.41, 5.74) is 4.89. The number of nitrogens with zero attached hydrogens (tertiary/aromatic N) is 1. The molecule has 0 bridgehead atoms.